The van der Waals surface area contributed by atoms with Crippen LogP contribution in [0.3, 0.4) is 0 Å². The minimum Gasteiger partial charge on any atom is -0.366 e. The van der Waals surface area contributed by atoms with E-state index in [2.05, 4.69) is 17.2 Å². The van der Waals surface area contributed by atoms with Gasteiger partial charge >= 0.3 is 0 Å². The van der Waals surface area contributed by atoms with Crippen molar-refractivity contribution in [1.82, 2.24) is 15.6 Å². The van der Waals surface area contributed by atoms with Gasteiger partial charge in [-0.25, -0.2) is 13.2 Å². The van der Waals surface area contributed by atoms with Gasteiger partial charge in [0.05, 0.1) is 17.6 Å². The molecule has 1 aromatic heterocycles. The molecule has 192 valence electrons. The van der Waals surface area contributed by atoms with E-state index < -0.39 is 11.5 Å². The Labute approximate surface area is 216 Å². The van der Waals surface area contributed by atoms with E-state index in [-0.39, 0.29) is 23.9 Å². The van der Waals surface area contributed by atoms with Crippen LogP contribution in [0.4, 0.5) is 13.2 Å². The number of halogens is 3. The highest BCUT2D eigenvalue weighted by Crippen LogP contribution is 2.37. The molecule has 4 rings (SSSR count). The highest BCUT2D eigenvalue weighted by molar-refractivity contribution is 5.43. The minimum atomic E-state index is -3.02. The summed E-state index contributed by atoms with van der Waals surface area (Å²) in [5.74, 6) is -2.75. The standard InChI is InChI=1S/C31H32F3N3/c1-21-15-16-35-29(17-21)31(20-24-9-6-5-7-10-24,26-12-8-11-25(18-26)30(4,33)34)37-23(3)36-27-14-13-22(2)28(32)19-27/h5-18,27,36-37H,3,19-20H2,1-2,4H3. The Hall–Kier alpha value is -3.80. The van der Waals surface area contributed by atoms with Gasteiger partial charge in [-0.1, -0.05) is 67.3 Å². The van der Waals surface area contributed by atoms with Crippen molar-refractivity contribution < 1.29 is 13.2 Å². The summed E-state index contributed by atoms with van der Waals surface area (Å²) in [5, 5.41) is 6.77. The summed E-state index contributed by atoms with van der Waals surface area (Å²) in [6.45, 7) is 8.79. The van der Waals surface area contributed by atoms with Crippen molar-refractivity contribution in [3.63, 3.8) is 0 Å². The monoisotopic (exact) mass is 503 g/mol. The summed E-state index contributed by atoms with van der Waals surface area (Å²) in [5.41, 5.74) is 2.74. The van der Waals surface area contributed by atoms with E-state index in [1.807, 2.05) is 61.5 Å². The number of pyridine rings is 1. The zero-order valence-electron chi connectivity index (χ0n) is 21.4. The highest BCUT2D eigenvalue weighted by Gasteiger charge is 2.38. The van der Waals surface area contributed by atoms with E-state index in [4.69, 9.17) is 4.98 Å². The van der Waals surface area contributed by atoms with Crippen molar-refractivity contribution in [2.75, 3.05) is 0 Å². The molecule has 0 aliphatic heterocycles. The smallest absolute Gasteiger partial charge is 0.270 e. The molecule has 0 fully saturated rings. The Balaban J connectivity index is 1.82. The molecule has 1 heterocycles. The number of nitrogens with zero attached hydrogens (tertiary/aromatic N) is 1. The third-order valence-electron chi connectivity index (χ3n) is 6.66. The fourth-order valence-corrected chi connectivity index (χ4v) is 4.64. The van der Waals surface area contributed by atoms with Crippen LogP contribution < -0.4 is 10.6 Å². The first-order chi connectivity index (χ1) is 17.6. The van der Waals surface area contributed by atoms with Crippen molar-refractivity contribution in [1.29, 1.82) is 0 Å². The molecule has 0 saturated heterocycles. The van der Waals surface area contributed by atoms with Crippen molar-refractivity contribution >= 4 is 0 Å². The summed E-state index contributed by atoms with van der Waals surface area (Å²) in [7, 11) is 0. The van der Waals surface area contributed by atoms with Crippen LogP contribution in [0.2, 0.25) is 0 Å². The SMILES string of the molecule is C=C(NC1C=CC(C)=C(F)C1)NC(Cc1ccccc1)(c1cccc(C(C)(F)F)c1)c1cc(C)ccn1. The predicted octanol–water partition coefficient (Wildman–Crippen LogP) is 7.21. The van der Waals surface area contributed by atoms with Crippen molar-refractivity contribution in [2.45, 2.75) is 51.1 Å². The lowest BCUT2D eigenvalue weighted by Gasteiger charge is -2.38. The number of nitrogens with one attached hydrogen (secondary N) is 2. The molecule has 0 saturated carbocycles. The minimum absolute atomic E-state index is 0.0895. The predicted molar refractivity (Wildman–Crippen MR) is 143 cm³/mol. The number of aromatic nitrogens is 1. The zero-order chi connectivity index (χ0) is 26.6. The number of rotatable bonds is 9. The van der Waals surface area contributed by atoms with Gasteiger partial charge < -0.3 is 10.6 Å². The molecule has 2 N–H and O–H groups in total. The van der Waals surface area contributed by atoms with Gasteiger partial charge in [0.25, 0.3) is 5.92 Å². The van der Waals surface area contributed by atoms with Crippen LogP contribution in [-0.4, -0.2) is 11.0 Å². The number of hydrogen-bond donors (Lipinski definition) is 2. The Bertz CT molecular complexity index is 1320. The Kier molecular flexibility index (Phi) is 7.58. The van der Waals surface area contributed by atoms with E-state index in [0.29, 0.717) is 29.1 Å². The van der Waals surface area contributed by atoms with Crippen LogP contribution in [0.25, 0.3) is 0 Å². The van der Waals surface area contributed by atoms with Gasteiger partial charge in [0.1, 0.15) is 11.4 Å². The van der Waals surface area contributed by atoms with Crippen molar-refractivity contribution in [3.05, 3.63) is 137 Å². The zero-order valence-corrected chi connectivity index (χ0v) is 21.4. The number of allylic oxidation sites excluding steroid dienone is 2. The Morgan fingerprint density at radius 1 is 1.03 bits per heavy atom. The molecular weight excluding hydrogens is 471 g/mol. The van der Waals surface area contributed by atoms with Crippen LogP contribution in [-0.2, 0) is 17.9 Å². The van der Waals surface area contributed by atoms with Gasteiger partial charge in [-0.2, -0.15) is 0 Å². The molecule has 0 spiro atoms. The van der Waals surface area contributed by atoms with E-state index >= 15 is 0 Å². The molecule has 0 radical (unpaired) electrons. The second-order valence-corrected chi connectivity index (χ2v) is 9.76. The van der Waals surface area contributed by atoms with Gasteiger partial charge in [-0.05, 0) is 54.3 Å². The molecule has 2 atom stereocenters. The largest absolute Gasteiger partial charge is 0.366 e. The normalized spacial score (nSPS) is 17.3. The molecule has 0 amide bonds. The molecule has 6 heteroatoms. The number of alkyl halides is 2. The van der Waals surface area contributed by atoms with Gasteiger partial charge in [-0.15, -0.1) is 0 Å². The number of aryl methyl sites for hydroxylation is 1. The maximum absolute atomic E-state index is 14.4. The van der Waals surface area contributed by atoms with E-state index in [1.165, 1.54) is 12.1 Å². The van der Waals surface area contributed by atoms with Crippen LogP contribution >= 0.6 is 0 Å². The van der Waals surface area contributed by atoms with E-state index in [9.17, 15) is 13.2 Å². The summed E-state index contributed by atoms with van der Waals surface area (Å²) in [6, 6.07) is 19.8. The molecule has 0 bridgehead atoms. The highest BCUT2D eigenvalue weighted by atomic mass is 19.3. The summed E-state index contributed by atoms with van der Waals surface area (Å²) >= 11 is 0. The lowest BCUT2D eigenvalue weighted by Crippen LogP contribution is -2.49. The van der Waals surface area contributed by atoms with Gasteiger partial charge in [0.15, 0.2) is 0 Å². The third kappa shape index (κ3) is 6.13. The maximum Gasteiger partial charge on any atom is 0.270 e. The Morgan fingerprint density at radius 2 is 1.76 bits per heavy atom. The molecule has 1 aliphatic carbocycles. The van der Waals surface area contributed by atoms with Crippen LogP contribution in [0.15, 0.2) is 109 Å². The van der Waals surface area contributed by atoms with E-state index in [1.54, 1.807) is 25.3 Å². The fourth-order valence-electron chi connectivity index (χ4n) is 4.64. The van der Waals surface area contributed by atoms with Crippen LogP contribution in [0.5, 0.6) is 0 Å². The summed E-state index contributed by atoms with van der Waals surface area (Å²) in [6.07, 6.45) is 5.98. The molecule has 3 aromatic rings. The van der Waals surface area contributed by atoms with Gasteiger partial charge in [0, 0.05) is 31.5 Å². The second-order valence-electron chi connectivity index (χ2n) is 9.76. The lowest BCUT2D eigenvalue weighted by atomic mass is 9.79. The van der Waals surface area contributed by atoms with Crippen LogP contribution in [0.1, 0.15) is 48.2 Å². The third-order valence-corrected chi connectivity index (χ3v) is 6.66. The molecule has 3 nitrogen and oxygen atoms in total. The van der Waals surface area contributed by atoms with Crippen molar-refractivity contribution in [3.8, 4) is 0 Å². The Morgan fingerprint density at radius 3 is 2.43 bits per heavy atom. The first-order valence-electron chi connectivity index (χ1n) is 12.3. The summed E-state index contributed by atoms with van der Waals surface area (Å²) < 4.78 is 43.2. The molecule has 2 aromatic carbocycles. The number of benzene rings is 2. The fraction of sp³-hybridized carbons (Fsp3) is 0.258. The topological polar surface area (TPSA) is 37.0 Å². The average Bonchev–Trinajstić information content (AvgIpc) is 2.86. The lowest BCUT2D eigenvalue weighted by molar-refractivity contribution is 0.0173. The first kappa shape index (κ1) is 26.3. The first-order valence-corrected chi connectivity index (χ1v) is 12.3. The molecule has 1 aliphatic rings. The molecular formula is C31H32F3N3. The second kappa shape index (κ2) is 10.7. The van der Waals surface area contributed by atoms with E-state index in [0.717, 1.165) is 18.1 Å². The van der Waals surface area contributed by atoms with Crippen LogP contribution in [0, 0.1) is 6.92 Å². The molecule has 2 unspecified atom stereocenters. The maximum atomic E-state index is 14.4. The average molecular weight is 504 g/mol. The number of hydrogen-bond acceptors (Lipinski definition) is 3. The van der Waals surface area contributed by atoms with Crippen molar-refractivity contribution in [2.24, 2.45) is 0 Å². The molecule has 37 heavy (non-hydrogen) atoms. The van der Waals surface area contributed by atoms with Gasteiger partial charge in [0.2, 0.25) is 0 Å². The van der Waals surface area contributed by atoms with Gasteiger partial charge in [-0.3, -0.25) is 4.98 Å². The summed E-state index contributed by atoms with van der Waals surface area (Å²) in [4.78, 5) is 4.70. The quantitative estimate of drug-likeness (QED) is 0.324.